The molecule has 0 spiro atoms. The summed E-state index contributed by atoms with van der Waals surface area (Å²) in [6.45, 7) is 2.04. The summed E-state index contributed by atoms with van der Waals surface area (Å²) in [6, 6.07) is 13.3. The van der Waals surface area contributed by atoms with Crippen LogP contribution in [0.4, 0.5) is 11.5 Å². The van der Waals surface area contributed by atoms with Gasteiger partial charge in [0.15, 0.2) is 0 Å². The monoisotopic (exact) mass is 336 g/mol. The number of aromatic nitrogens is 2. The molecule has 0 fully saturated rings. The van der Waals surface area contributed by atoms with E-state index in [1.54, 1.807) is 30.1 Å². The Hall–Kier alpha value is -2.78. The van der Waals surface area contributed by atoms with E-state index in [1.165, 1.54) is 0 Å². The highest BCUT2D eigenvalue weighted by Gasteiger charge is 2.16. The Labute approximate surface area is 144 Å². The number of nitrogens with zero attached hydrogens (tertiary/aromatic N) is 3. The van der Waals surface area contributed by atoms with E-state index in [2.05, 4.69) is 21.5 Å². The summed E-state index contributed by atoms with van der Waals surface area (Å²) in [6.07, 6.45) is 4.51. The van der Waals surface area contributed by atoms with Crippen LogP contribution in [0.25, 0.3) is 11.1 Å². The molecule has 0 aliphatic rings. The minimum atomic E-state index is 0.605. The van der Waals surface area contributed by atoms with E-state index in [-0.39, 0.29) is 0 Å². The Morgan fingerprint density at radius 1 is 1.29 bits per heavy atom. The third-order valence-corrected chi connectivity index (χ3v) is 4.22. The van der Waals surface area contributed by atoms with Crippen LogP contribution in [0.5, 0.6) is 0 Å². The SMILES string of the molecule is CCc1onc(SC)c1-c1ccnc(Nc2cccc(C#N)c2)c1. The van der Waals surface area contributed by atoms with E-state index in [0.717, 1.165) is 34.0 Å². The van der Waals surface area contributed by atoms with Crippen LogP contribution >= 0.6 is 11.8 Å². The van der Waals surface area contributed by atoms with Crippen molar-refractivity contribution < 1.29 is 4.52 Å². The van der Waals surface area contributed by atoms with Gasteiger partial charge in [0.1, 0.15) is 16.6 Å². The molecule has 0 aliphatic heterocycles. The zero-order valence-electron chi connectivity index (χ0n) is 13.4. The zero-order valence-corrected chi connectivity index (χ0v) is 14.2. The highest BCUT2D eigenvalue weighted by molar-refractivity contribution is 7.98. The number of nitrogens with one attached hydrogen (secondary N) is 1. The van der Waals surface area contributed by atoms with Crippen molar-refractivity contribution in [2.45, 2.75) is 18.4 Å². The van der Waals surface area contributed by atoms with E-state index < -0.39 is 0 Å². The predicted octanol–water partition coefficient (Wildman–Crippen LogP) is 4.64. The van der Waals surface area contributed by atoms with E-state index in [9.17, 15) is 0 Å². The van der Waals surface area contributed by atoms with Gasteiger partial charge in [-0.05, 0) is 42.2 Å². The van der Waals surface area contributed by atoms with Crippen molar-refractivity contribution >= 4 is 23.3 Å². The quantitative estimate of drug-likeness (QED) is 0.684. The topological polar surface area (TPSA) is 74.7 Å². The maximum atomic E-state index is 9.00. The molecular formula is C18H16N4OS. The van der Waals surface area contributed by atoms with Gasteiger partial charge in [-0.25, -0.2) is 4.98 Å². The van der Waals surface area contributed by atoms with Crippen LogP contribution in [0, 0.1) is 11.3 Å². The molecule has 3 aromatic rings. The van der Waals surface area contributed by atoms with Crippen LogP contribution in [0.3, 0.4) is 0 Å². The fourth-order valence-electron chi connectivity index (χ4n) is 2.44. The van der Waals surface area contributed by atoms with Gasteiger partial charge in [-0.15, -0.1) is 11.8 Å². The first-order valence-corrected chi connectivity index (χ1v) is 8.73. The van der Waals surface area contributed by atoms with Crippen molar-refractivity contribution in [3.8, 4) is 17.2 Å². The molecule has 3 rings (SSSR count). The largest absolute Gasteiger partial charge is 0.360 e. The van der Waals surface area contributed by atoms with Crippen molar-refractivity contribution in [3.05, 3.63) is 53.9 Å². The third-order valence-electron chi connectivity index (χ3n) is 3.56. The third kappa shape index (κ3) is 3.26. The summed E-state index contributed by atoms with van der Waals surface area (Å²) in [7, 11) is 0. The van der Waals surface area contributed by atoms with Crippen molar-refractivity contribution in [2.24, 2.45) is 0 Å². The van der Waals surface area contributed by atoms with Crippen LogP contribution < -0.4 is 5.32 Å². The Morgan fingerprint density at radius 2 is 2.17 bits per heavy atom. The molecule has 1 N–H and O–H groups in total. The molecule has 0 saturated heterocycles. The fraction of sp³-hybridized carbons (Fsp3) is 0.167. The summed E-state index contributed by atoms with van der Waals surface area (Å²) >= 11 is 1.56. The zero-order chi connectivity index (χ0) is 16.9. The van der Waals surface area contributed by atoms with Crippen LogP contribution in [0.15, 0.2) is 52.1 Å². The average Bonchev–Trinajstić information content (AvgIpc) is 3.05. The number of rotatable bonds is 5. The lowest BCUT2D eigenvalue weighted by Crippen LogP contribution is -1.95. The number of pyridine rings is 1. The second kappa shape index (κ2) is 7.20. The maximum absolute atomic E-state index is 9.00. The number of anilines is 2. The molecular weight excluding hydrogens is 320 g/mol. The van der Waals surface area contributed by atoms with Gasteiger partial charge in [0.25, 0.3) is 0 Å². The molecule has 0 aliphatic carbocycles. The predicted molar refractivity (Wildman–Crippen MR) is 95.3 cm³/mol. The first-order valence-electron chi connectivity index (χ1n) is 7.51. The number of benzene rings is 1. The van der Waals surface area contributed by atoms with Crippen molar-refractivity contribution in [1.82, 2.24) is 10.1 Å². The lowest BCUT2D eigenvalue weighted by molar-refractivity contribution is 0.374. The molecule has 5 nitrogen and oxygen atoms in total. The molecule has 0 amide bonds. The molecule has 2 aromatic heterocycles. The number of nitriles is 1. The van der Waals surface area contributed by atoms with Gasteiger partial charge in [-0.1, -0.05) is 18.1 Å². The fourth-order valence-corrected chi connectivity index (χ4v) is 2.99. The first kappa shape index (κ1) is 16.1. The van der Waals surface area contributed by atoms with Gasteiger partial charge in [0.2, 0.25) is 0 Å². The molecule has 1 aromatic carbocycles. The Balaban J connectivity index is 1.95. The average molecular weight is 336 g/mol. The Bertz CT molecular complexity index is 877. The van der Waals surface area contributed by atoms with Crippen LogP contribution in [0.1, 0.15) is 18.2 Å². The molecule has 0 atom stereocenters. The second-order valence-electron chi connectivity index (χ2n) is 5.09. The second-order valence-corrected chi connectivity index (χ2v) is 5.89. The molecule has 120 valence electrons. The van der Waals surface area contributed by atoms with E-state index in [1.807, 2.05) is 37.4 Å². The summed E-state index contributed by atoms with van der Waals surface area (Å²) in [5, 5.41) is 17.2. The lowest BCUT2D eigenvalue weighted by Gasteiger charge is -2.08. The van der Waals surface area contributed by atoms with E-state index in [0.29, 0.717) is 11.4 Å². The molecule has 0 unspecified atom stereocenters. The minimum absolute atomic E-state index is 0.605. The highest BCUT2D eigenvalue weighted by Crippen LogP contribution is 2.34. The highest BCUT2D eigenvalue weighted by atomic mass is 32.2. The van der Waals surface area contributed by atoms with Crippen molar-refractivity contribution in [1.29, 1.82) is 5.26 Å². The molecule has 24 heavy (non-hydrogen) atoms. The standard InChI is InChI=1S/C18H16N4OS/c1-3-15-17(18(24-2)22-23-15)13-7-8-20-16(10-13)21-14-6-4-5-12(9-14)11-19/h4-10H,3H2,1-2H3,(H,20,21). The summed E-state index contributed by atoms with van der Waals surface area (Å²) < 4.78 is 5.43. The van der Waals surface area contributed by atoms with Crippen LogP contribution in [0.2, 0.25) is 0 Å². The number of hydrogen-bond acceptors (Lipinski definition) is 6. The van der Waals surface area contributed by atoms with Gasteiger partial charge in [0, 0.05) is 18.3 Å². The summed E-state index contributed by atoms with van der Waals surface area (Å²) in [4.78, 5) is 4.36. The molecule has 0 radical (unpaired) electrons. The van der Waals surface area contributed by atoms with Crippen molar-refractivity contribution in [2.75, 3.05) is 11.6 Å². The Morgan fingerprint density at radius 3 is 2.92 bits per heavy atom. The van der Waals surface area contributed by atoms with E-state index >= 15 is 0 Å². The van der Waals surface area contributed by atoms with Gasteiger partial charge in [-0.2, -0.15) is 5.26 Å². The summed E-state index contributed by atoms with van der Waals surface area (Å²) in [5.74, 6) is 1.57. The van der Waals surface area contributed by atoms with Crippen LogP contribution in [-0.4, -0.2) is 16.4 Å². The van der Waals surface area contributed by atoms with Gasteiger partial charge < -0.3 is 9.84 Å². The smallest absolute Gasteiger partial charge is 0.147 e. The van der Waals surface area contributed by atoms with Gasteiger partial charge in [0.05, 0.1) is 17.2 Å². The number of aryl methyl sites for hydroxylation is 1. The maximum Gasteiger partial charge on any atom is 0.147 e. The molecule has 6 heteroatoms. The minimum Gasteiger partial charge on any atom is -0.360 e. The van der Waals surface area contributed by atoms with Crippen LogP contribution in [-0.2, 0) is 6.42 Å². The Kier molecular flexibility index (Phi) is 4.82. The summed E-state index contributed by atoms with van der Waals surface area (Å²) in [5.41, 5.74) is 3.45. The van der Waals surface area contributed by atoms with Gasteiger partial charge in [-0.3, -0.25) is 0 Å². The van der Waals surface area contributed by atoms with Crippen molar-refractivity contribution in [3.63, 3.8) is 0 Å². The molecule has 0 bridgehead atoms. The normalized spacial score (nSPS) is 10.4. The number of hydrogen-bond donors (Lipinski definition) is 1. The molecule has 2 heterocycles. The molecule has 0 saturated carbocycles. The lowest BCUT2D eigenvalue weighted by atomic mass is 10.1. The first-order chi connectivity index (χ1) is 11.7. The number of thioether (sulfide) groups is 1. The van der Waals surface area contributed by atoms with E-state index in [4.69, 9.17) is 9.78 Å². The van der Waals surface area contributed by atoms with Gasteiger partial charge >= 0.3 is 0 Å².